The minimum atomic E-state index is -1.64. The van der Waals surface area contributed by atoms with Crippen LogP contribution in [0.3, 0.4) is 0 Å². The van der Waals surface area contributed by atoms with Gasteiger partial charge in [-0.25, -0.2) is 0 Å². The molecule has 6 heteroatoms. The molecule has 3 aliphatic rings. The fraction of sp³-hybridized carbons (Fsp3) is 0.333. The maximum Gasteiger partial charge on any atom is 0.305 e. The summed E-state index contributed by atoms with van der Waals surface area (Å²) < 4.78 is 28.9. The van der Waals surface area contributed by atoms with Gasteiger partial charge in [0, 0.05) is 0 Å². The van der Waals surface area contributed by atoms with E-state index < -0.39 is 11.4 Å². The highest BCUT2D eigenvalue weighted by Crippen LogP contribution is 2.50. The zero-order valence-corrected chi connectivity index (χ0v) is 13.8. The molecule has 1 saturated heterocycles. The Bertz CT molecular complexity index is 766. The van der Waals surface area contributed by atoms with Crippen molar-refractivity contribution in [2.24, 2.45) is 0 Å². The lowest BCUT2D eigenvalue weighted by molar-refractivity contribution is 0.0915. The third kappa shape index (κ3) is 2.17. The highest BCUT2D eigenvalue weighted by Gasteiger charge is 2.47. The smallest absolute Gasteiger partial charge is 0.305 e. The van der Waals surface area contributed by atoms with Gasteiger partial charge in [-0.1, -0.05) is 24.3 Å². The molecule has 0 spiro atoms. The Kier molecular flexibility index (Phi) is 3.36. The average molecular weight is 343 g/mol. The summed E-state index contributed by atoms with van der Waals surface area (Å²) in [5, 5.41) is 0. The zero-order chi connectivity index (χ0) is 16.1. The fourth-order valence-electron chi connectivity index (χ4n) is 3.91. The Morgan fingerprint density at radius 2 is 1.58 bits per heavy atom. The number of hydrogen-bond acceptors (Lipinski definition) is 5. The highest BCUT2D eigenvalue weighted by atomic mass is 32.2. The standard InChI is InChI=1S/C18H17NO4S/c20-24-22-17-11-5-8-14(18(17)23-24)19-12-6-1-3-9-15(12)21-16-10-4-2-7-13(16)19/h1-4,6-7,9-10,14,17-18H,5,8,11H2/t14-,17-,18+,24?/m1/s1. The third-order valence-corrected chi connectivity index (χ3v) is 5.71. The largest absolute Gasteiger partial charge is 0.453 e. The minimum absolute atomic E-state index is 0.0707. The molecule has 2 aromatic carbocycles. The summed E-state index contributed by atoms with van der Waals surface area (Å²) in [6.45, 7) is 0. The molecule has 0 radical (unpaired) electrons. The number of fused-ring (bicyclic) bond motifs is 3. The van der Waals surface area contributed by atoms with Gasteiger partial charge in [-0.05, 0) is 43.5 Å². The lowest BCUT2D eigenvalue weighted by Crippen LogP contribution is -2.49. The van der Waals surface area contributed by atoms with Gasteiger partial charge in [-0.2, -0.15) is 4.21 Å². The first-order chi connectivity index (χ1) is 11.8. The molecule has 0 bridgehead atoms. The lowest BCUT2D eigenvalue weighted by Gasteiger charge is -2.42. The Hall–Kier alpha value is -1.89. The lowest BCUT2D eigenvalue weighted by atomic mass is 9.88. The van der Waals surface area contributed by atoms with Crippen LogP contribution in [0, 0.1) is 0 Å². The summed E-state index contributed by atoms with van der Waals surface area (Å²) in [5.74, 6) is 1.66. The van der Waals surface area contributed by atoms with Gasteiger partial charge in [-0.3, -0.25) is 8.37 Å². The third-order valence-electron chi connectivity index (χ3n) is 4.93. The second kappa shape index (κ2) is 5.58. The van der Waals surface area contributed by atoms with Crippen molar-refractivity contribution in [2.75, 3.05) is 4.90 Å². The summed E-state index contributed by atoms with van der Waals surface area (Å²) in [4.78, 5) is 2.27. The zero-order valence-electron chi connectivity index (χ0n) is 13.0. The van der Waals surface area contributed by atoms with Crippen LogP contribution in [0.5, 0.6) is 11.5 Å². The number of anilines is 2. The van der Waals surface area contributed by atoms with Gasteiger partial charge in [-0.15, -0.1) is 0 Å². The molecular weight excluding hydrogens is 326 g/mol. The monoisotopic (exact) mass is 343 g/mol. The molecule has 2 fully saturated rings. The molecule has 2 aromatic rings. The Balaban J connectivity index is 1.63. The summed E-state index contributed by atoms with van der Waals surface area (Å²) in [5.41, 5.74) is 2.03. The van der Waals surface area contributed by atoms with Gasteiger partial charge >= 0.3 is 11.4 Å². The van der Waals surface area contributed by atoms with Crippen molar-refractivity contribution in [3.8, 4) is 11.5 Å². The van der Waals surface area contributed by atoms with Crippen molar-refractivity contribution in [2.45, 2.75) is 37.5 Å². The molecule has 0 aromatic heterocycles. The summed E-state index contributed by atoms with van der Waals surface area (Å²) in [6.07, 6.45) is 2.57. The normalized spacial score (nSPS) is 30.9. The molecule has 1 saturated carbocycles. The van der Waals surface area contributed by atoms with Gasteiger partial charge in [0.2, 0.25) is 0 Å². The predicted octanol–water partition coefficient (Wildman–Crippen LogP) is 3.85. The fourth-order valence-corrected chi connectivity index (χ4v) is 4.80. The quantitative estimate of drug-likeness (QED) is 0.787. The van der Waals surface area contributed by atoms with E-state index >= 15 is 0 Å². The summed E-state index contributed by atoms with van der Waals surface area (Å²) in [6, 6.07) is 16.1. The molecule has 0 N–H and O–H groups in total. The van der Waals surface area contributed by atoms with E-state index in [9.17, 15) is 4.21 Å². The van der Waals surface area contributed by atoms with Crippen LogP contribution >= 0.6 is 0 Å². The number of rotatable bonds is 1. The average Bonchev–Trinajstić information content (AvgIpc) is 3.00. The minimum Gasteiger partial charge on any atom is -0.453 e. The maximum absolute atomic E-state index is 11.8. The van der Waals surface area contributed by atoms with E-state index in [1.807, 2.05) is 36.4 Å². The van der Waals surface area contributed by atoms with Gasteiger partial charge in [0.25, 0.3) is 0 Å². The topological polar surface area (TPSA) is 48.0 Å². The maximum atomic E-state index is 11.8. The Morgan fingerprint density at radius 3 is 2.29 bits per heavy atom. The van der Waals surface area contributed by atoms with Crippen LogP contribution in [0.2, 0.25) is 0 Å². The predicted molar refractivity (Wildman–Crippen MR) is 90.6 cm³/mol. The first-order valence-electron chi connectivity index (χ1n) is 8.22. The van der Waals surface area contributed by atoms with E-state index in [4.69, 9.17) is 13.1 Å². The summed E-state index contributed by atoms with van der Waals surface area (Å²) >= 11 is -1.64. The van der Waals surface area contributed by atoms with E-state index in [0.29, 0.717) is 0 Å². The number of nitrogens with zero attached hydrogens (tertiary/aromatic N) is 1. The number of para-hydroxylation sites is 4. The van der Waals surface area contributed by atoms with Gasteiger partial charge in [0.15, 0.2) is 11.5 Å². The SMILES string of the molecule is O=S1O[C@H]2[C@H](N3c4ccccc4Oc4ccccc43)CCC[C@H]2O1. The van der Waals surface area contributed by atoms with E-state index in [1.165, 1.54) is 0 Å². The first-order valence-corrected chi connectivity index (χ1v) is 9.22. The van der Waals surface area contributed by atoms with E-state index in [-0.39, 0.29) is 18.2 Å². The Morgan fingerprint density at radius 1 is 0.917 bits per heavy atom. The molecule has 0 amide bonds. The molecule has 4 atom stereocenters. The molecule has 1 aliphatic carbocycles. The number of benzene rings is 2. The first kappa shape index (κ1) is 14.5. The van der Waals surface area contributed by atoms with E-state index in [0.717, 1.165) is 42.1 Å². The second-order valence-electron chi connectivity index (χ2n) is 6.31. The van der Waals surface area contributed by atoms with Gasteiger partial charge in [0.1, 0.15) is 12.2 Å². The van der Waals surface area contributed by atoms with Crippen molar-refractivity contribution in [1.82, 2.24) is 0 Å². The molecule has 2 aliphatic heterocycles. The van der Waals surface area contributed by atoms with Crippen LogP contribution in [0.1, 0.15) is 19.3 Å². The molecule has 1 unspecified atom stereocenters. The van der Waals surface area contributed by atoms with E-state index in [2.05, 4.69) is 17.0 Å². The van der Waals surface area contributed by atoms with Crippen LogP contribution in [0.25, 0.3) is 0 Å². The van der Waals surface area contributed by atoms with Crippen molar-refractivity contribution in [3.05, 3.63) is 48.5 Å². The molecule has 5 rings (SSSR count). The molecule has 5 nitrogen and oxygen atoms in total. The Labute approximate surface area is 143 Å². The second-order valence-corrected chi connectivity index (χ2v) is 7.10. The van der Waals surface area contributed by atoms with Crippen LogP contribution in [-0.4, -0.2) is 22.5 Å². The highest BCUT2D eigenvalue weighted by molar-refractivity contribution is 7.75. The molecule has 124 valence electrons. The van der Waals surface area contributed by atoms with Crippen molar-refractivity contribution < 1.29 is 17.3 Å². The number of hydrogen-bond donors (Lipinski definition) is 0. The van der Waals surface area contributed by atoms with E-state index in [1.54, 1.807) is 0 Å². The summed E-state index contributed by atoms with van der Waals surface area (Å²) in [7, 11) is 0. The van der Waals surface area contributed by atoms with Crippen molar-refractivity contribution in [3.63, 3.8) is 0 Å². The number of ether oxygens (including phenoxy) is 1. The van der Waals surface area contributed by atoms with Crippen molar-refractivity contribution >= 4 is 22.7 Å². The van der Waals surface area contributed by atoms with Crippen LogP contribution < -0.4 is 9.64 Å². The van der Waals surface area contributed by atoms with Crippen LogP contribution in [0.4, 0.5) is 11.4 Å². The van der Waals surface area contributed by atoms with Gasteiger partial charge in [0.05, 0.1) is 17.4 Å². The molecule has 2 heterocycles. The van der Waals surface area contributed by atoms with Crippen LogP contribution in [0.15, 0.2) is 48.5 Å². The van der Waals surface area contributed by atoms with Crippen molar-refractivity contribution in [1.29, 1.82) is 0 Å². The molecular formula is C18H17NO4S. The van der Waals surface area contributed by atoms with Crippen LogP contribution in [-0.2, 0) is 19.7 Å². The van der Waals surface area contributed by atoms with Gasteiger partial charge < -0.3 is 9.64 Å². The molecule has 24 heavy (non-hydrogen) atoms.